The van der Waals surface area contributed by atoms with Gasteiger partial charge in [-0.15, -0.1) is 0 Å². The summed E-state index contributed by atoms with van der Waals surface area (Å²) in [6, 6.07) is 15.7. The van der Waals surface area contributed by atoms with Crippen LogP contribution >= 0.6 is 0 Å². The Labute approximate surface area is 270 Å². The summed E-state index contributed by atoms with van der Waals surface area (Å²) >= 11 is 0. The number of rotatable bonds is 32. The molecule has 0 unspecified atom stereocenters. The van der Waals surface area contributed by atoms with Gasteiger partial charge in [-0.3, -0.25) is 0 Å². The summed E-state index contributed by atoms with van der Waals surface area (Å²) in [5, 5.41) is 2.75. The molecule has 0 radical (unpaired) electrons. The Hall–Kier alpha value is -1.30. The minimum atomic E-state index is 1.24. The van der Waals surface area contributed by atoms with Gasteiger partial charge in [0.25, 0.3) is 0 Å². The molecule has 246 valence electrons. The Morgan fingerprint density at radius 2 is 0.605 bits per heavy atom. The van der Waals surface area contributed by atoms with Crippen molar-refractivity contribution in [3.05, 3.63) is 48.0 Å². The first-order valence-corrected chi connectivity index (χ1v) is 19.9. The van der Waals surface area contributed by atoms with E-state index in [-0.39, 0.29) is 0 Å². The fourth-order valence-corrected chi connectivity index (χ4v) is 6.92. The van der Waals surface area contributed by atoms with Crippen LogP contribution in [0.5, 0.6) is 0 Å². The molecule has 0 saturated carbocycles. The van der Waals surface area contributed by atoms with Gasteiger partial charge in [-0.05, 0) is 29.2 Å². The summed E-state index contributed by atoms with van der Waals surface area (Å²) in [6.07, 6.45) is 46.7. The minimum Gasteiger partial charge on any atom is -0.0654 e. The highest BCUT2D eigenvalue weighted by Gasteiger charge is 1.99. The monoisotopic (exact) mass is 591 g/mol. The van der Waals surface area contributed by atoms with Crippen LogP contribution in [-0.2, 0) is 6.42 Å². The quantitative estimate of drug-likeness (QED) is 0.0743. The van der Waals surface area contributed by atoms with Crippen LogP contribution in [0.2, 0.25) is 0 Å². The third-order valence-electron chi connectivity index (χ3n) is 9.88. The van der Waals surface area contributed by atoms with Gasteiger partial charge in [0.1, 0.15) is 0 Å². The van der Waals surface area contributed by atoms with E-state index in [1.165, 1.54) is 222 Å². The van der Waals surface area contributed by atoms with Crippen LogP contribution in [0.15, 0.2) is 42.5 Å². The van der Waals surface area contributed by atoms with Crippen LogP contribution < -0.4 is 0 Å². The lowest BCUT2D eigenvalue weighted by Gasteiger charge is -2.05. The first-order chi connectivity index (χ1) is 21.4. The normalized spacial score (nSPS) is 11.6. The Balaban J connectivity index is 1.18. The average Bonchev–Trinajstić information content (AvgIpc) is 3.03. The summed E-state index contributed by atoms with van der Waals surface area (Å²) in [6.45, 7) is 2.31. The van der Waals surface area contributed by atoms with E-state index in [0.717, 1.165) is 0 Å². The number of unbranched alkanes of at least 4 members (excludes halogenated alkanes) is 30. The van der Waals surface area contributed by atoms with Crippen molar-refractivity contribution in [2.75, 3.05) is 0 Å². The first-order valence-electron chi connectivity index (χ1n) is 19.9. The van der Waals surface area contributed by atoms with Crippen molar-refractivity contribution in [2.45, 2.75) is 212 Å². The molecule has 0 heterocycles. The predicted molar refractivity (Wildman–Crippen MR) is 196 cm³/mol. The zero-order chi connectivity index (χ0) is 30.3. The zero-order valence-corrected chi connectivity index (χ0v) is 29.2. The van der Waals surface area contributed by atoms with Crippen molar-refractivity contribution in [3.63, 3.8) is 0 Å². The van der Waals surface area contributed by atoms with E-state index >= 15 is 0 Å². The Bertz CT molecular complexity index is 835. The van der Waals surface area contributed by atoms with Crippen molar-refractivity contribution in [2.24, 2.45) is 0 Å². The van der Waals surface area contributed by atoms with Crippen molar-refractivity contribution in [3.8, 4) is 0 Å². The lowest BCUT2D eigenvalue weighted by Crippen LogP contribution is -1.87. The predicted octanol–water partition coefficient (Wildman–Crippen LogP) is 15.5. The molecular formula is C43H74. The van der Waals surface area contributed by atoms with E-state index < -0.39 is 0 Å². The smallest absolute Gasteiger partial charge is 0.0181 e. The number of hydrogen-bond acceptors (Lipinski definition) is 0. The van der Waals surface area contributed by atoms with Crippen LogP contribution in [0, 0.1) is 0 Å². The molecular weight excluding hydrogens is 516 g/mol. The van der Waals surface area contributed by atoms with Crippen molar-refractivity contribution < 1.29 is 0 Å². The fourth-order valence-electron chi connectivity index (χ4n) is 6.92. The summed E-state index contributed by atoms with van der Waals surface area (Å²) < 4.78 is 0. The molecule has 0 heteroatoms. The molecule has 0 aliphatic heterocycles. The summed E-state index contributed by atoms with van der Waals surface area (Å²) in [7, 11) is 0. The number of hydrogen-bond donors (Lipinski definition) is 0. The maximum atomic E-state index is 2.39. The van der Waals surface area contributed by atoms with Gasteiger partial charge in [0, 0.05) is 0 Å². The van der Waals surface area contributed by atoms with Gasteiger partial charge in [-0.2, -0.15) is 0 Å². The van der Waals surface area contributed by atoms with Gasteiger partial charge in [0.05, 0.1) is 0 Å². The molecule has 0 fully saturated rings. The van der Waals surface area contributed by atoms with Gasteiger partial charge in [0.15, 0.2) is 0 Å². The van der Waals surface area contributed by atoms with E-state index in [9.17, 15) is 0 Å². The standard InChI is InChI=1S/C43H74/c1-2-3-4-5-6-7-8-9-10-11-12-13-14-15-16-17-18-19-20-21-22-23-24-25-26-27-28-29-30-31-32-35-41-38-39-42-36-33-34-37-43(42)40-41/h33-34,36-40H,2-32,35H2,1H3. The van der Waals surface area contributed by atoms with E-state index in [1.54, 1.807) is 0 Å². The Morgan fingerprint density at radius 1 is 0.302 bits per heavy atom. The molecule has 0 spiro atoms. The molecule has 2 aromatic carbocycles. The third-order valence-corrected chi connectivity index (χ3v) is 9.88. The average molecular weight is 591 g/mol. The summed E-state index contributed by atoms with van der Waals surface area (Å²) in [5.41, 5.74) is 1.51. The molecule has 0 nitrogen and oxygen atoms in total. The maximum absolute atomic E-state index is 2.39. The zero-order valence-electron chi connectivity index (χ0n) is 29.2. The Morgan fingerprint density at radius 3 is 0.953 bits per heavy atom. The molecule has 0 saturated heterocycles. The number of fused-ring (bicyclic) bond motifs is 1. The topological polar surface area (TPSA) is 0 Å². The second kappa shape index (κ2) is 29.4. The summed E-state index contributed by atoms with van der Waals surface area (Å²) in [4.78, 5) is 0. The third kappa shape index (κ3) is 22.8. The van der Waals surface area contributed by atoms with Gasteiger partial charge in [-0.25, -0.2) is 0 Å². The highest BCUT2D eigenvalue weighted by molar-refractivity contribution is 5.82. The summed E-state index contributed by atoms with van der Waals surface area (Å²) in [5.74, 6) is 0. The molecule has 43 heavy (non-hydrogen) atoms. The van der Waals surface area contributed by atoms with Gasteiger partial charge in [-0.1, -0.05) is 242 Å². The number of aryl methyl sites for hydroxylation is 1. The van der Waals surface area contributed by atoms with E-state index in [1.807, 2.05) is 0 Å². The molecule has 0 aliphatic rings. The van der Waals surface area contributed by atoms with Gasteiger partial charge < -0.3 is 0 Å². The van der Waals surface area contributed by atoms with Crippen LogP contribution in [0.1, 0.15) is 212 Å². The van der Waals surface area contributed by atoms with E-state index in [0.29, 0.717) is 0 Å². The number of benzene rings is 2. The minimum absolute atomic E-state index is 1.24. The molecule has 0 bridgehead atoms. The van der Waals surface area contributed by atoms with Crippen LogP contribution in [0.25, 0.3) is 10.8 Å². The second-order valence-electron chi connectivity index (χ2n) is 14.0. The van der Waals surface area contributed by atoms with Gasteiger partial charge in [0.2, 0.25) is 0 Å². The molecule has 2 aromatic rings. The highest BCUT2D eigenvalue weighted by atomic mass is 14.0. The van der Waals surface area contributed by atoms with Crippen LogP contribution in [-0.4, -0.2) is 0 Å². The lowest BCUT2D eigenvalue weighted by atomic mass is 10.0. The fraction of sp³-hybridized carbons (Fsp3) is 0.767. The molecule has 0 aliphatic carbocycles. The molecule has 0 atom stereocenters. The molecule has 0 amide bonds. The maximum Gasteiger partial charge on any atom is -0.0181 e. The SMILES string of the molecule is CCCCCCCCCCCCCCCCCCCCCCCCCCCCCCCCCc1ccc2ccccc2c1. The molecule has 2 rings (SSSR count). The van der Waals surface area contributed by atoms with Crippen molar-refractivity contribution in [1.82, 2.24) is 0 Å². The highest BCUT2D eigenvalue weighted by Crippen LogP contribution is 2.19. The van der Waals surface area contributed by atoms with Crippen molar-refractivity contribution in [1.29, 1.82) is 0 Å². The van der Waals surface area contributed by atoms with Crippen LogP contribution in [0.4, 0.5) is 0 Å². The van der Waals surface area contributed by atoms with E-state index in [2.05, 4.69) is 49.4 Å². The first kappa shape index (κ1) is 37.9. The Kier molecular flexibility index (Phi) is 25.9. The molecule has 0 N–H and O–H groups in total. The van der Waals surface area contributed by atoms with E-state index in [4.69, 9.17) is 0 Å². The lowest BCUT2D eigenvalue weighted by molar-refractivity contribution is 0.512. The largest absolute Gasteiger partial charge is 0.0654 e. The van der Waals surface area contributed by atoms with Crippen LogP contribution in [0.3, 0.4) is 0 Å². The van der Waals surface area contributed by atoms with Gasteiger partial charge >= 0.3 is 0 Å². The molecule has 0 aromatic heterocycles. The van der Waals surface area contributed by atoms with Crippen molar-refractivity contribution >= 4 is 10.8 Å². The second-order valence-corrected chi connectivity index (χ2v) is 14.0.